The van der Waals surface area contributed by atoms with Crippen LogP contribution >= 0.6 is 0 Å². The number of amides is 1. The summed E-state index contributed by atoms with van der Waals surface area (Å²) in [6.45, 7) is 2.88. The van der Waals surface area contributed by atoms with Gasteiger partial charge in [0.15, 0.2) is 5.75 Å². The molecule has 1 aliphatic rings. The topological polar surface area (TPSA) is 147 Å². The van der Waals surface area contributed by atoms with E-state index < -0.39 is 23.8 Å². The standard InChI is InChI=1S/C26H22F3N7O3/c27-26(28,29)25(38)39-22-18(3-1-4-19(22)24(37)34-7-2-6-30)21-13-16(5-8-33-21)20-14-17(15-31)23(35-20)36-11-9-32-10-12-36/h1,3-5,8,13-14,32,35H,2,7,9-12H2,(H,34,37). The molecule has 0 atom stereocenters. The number of aromatic amines is 1. The highest BCUT2D eigenvalue weighted by molar-refractivity contribution is 6.00. The molecular weight excluding hydrogens is 515 g/mol. The summed E-state index contributed by atoms with van der Waals surface area (Å²) in [5.74, 6) is -3.29. The summed E-state index contributed by atoms with van der Waals surface area (Å²) in [5, 5.41) is 24.0. The molecule has 0 radical (unpaired) electrons. The zero-order valence-corrected chi connectivity index (χ0v) is 20.4. The number of ether oxygens (including phenoxy) is 1. The van der Waals surface area contributed by atoms with E-state index in [0.29, 0.717) is 35.7 Å². The van der Waals surface area contributed by atoms with E-state index in [9.17, 15) is 28.0 Å². The molecule has 1 fully saturated rings. The summed E-state index contributed by atoms with van der Waals surface area (Å²) in [6.07, 6.45) is -3.92. The Labute approximate surface area is 221 Å². The van der Waals surface area contributed by atoms with Gasteiger partial charge in [0.2, 0.25) is 0 Å². The molecule has 0 aliphatic carbocycles. The molecule has 13 heteroatoms. The van der Waals surface area contributed by atoms with Crippen molar-refractivity contribution in [2.45, 2.75) is 12.6 Å². The van der Waals surface area contributed by atoms with Crippen molar-refractivity contribution in [2.75, 3.05) is 37.6 Å². The van der Waals surface area contributed by atoms with Crippen molar-refractivity contribution in [1.82, 2.24) is 20.6 Å². The number of hydrogen-bond acceptors (Lipinski definition) is 8. The monoisotopic (exact) mass is 537 g/mol. The zero-order valence-electron chi connectivity index (χ0n) is 20.4. The van der Waals surface area contributed by atoms with E-state index >= 15 is 0 Å². The number of H-pyrrole nitrogens is 1. The predicted octanol–water partition coefficient (Wildman–Crippen LogP) is 3.14. The average molecular weight is 538 g/mol. The van der Waals surface area contributed by atoms with E-state index in [1.807, 2.05) is 11.0 Å². The van der Waals surface area contributed by atoms with Crippen LogP contribution in [0.2, 0.25) is 0 Å². The fourth-order valence-electron chi connectivity index (χ4n) is 4.07. The second kappa shape index (κ2) is 11.7. The summed E-state index contributed by atoms with van der Waals surface area (Å²) in [5.41, 5.74) is 1.33. The molecule has 1 aromatic carbocycles. The first-order valence-electron chi connectivity index (χ1n) is 11.9. The lowest BCUT2D eigenvalue weighted by atomic mass is 10.0. The number of halogens is 3. The Balaban J connectivity index is 1.76. The molecule has 1 saturated heterocycles. The molecule has 0 saturated carbocycles. The van der Waals surface area contributed by atoms with Gasteiger partial charge in [0, 0.05) is 55.7 Å². The van der Waals surface area contributed by atoms with Crippen molar-refractivity contribution in [3.05, 3.63) is 53.7 Å². The third kappa shape index (κ3) is 6.17. The maximum Gasteiger partial charge on any atom is 0.491 e. The van der Waals surface area contributed by atoms with Crippen LogP contribution in [0.4, 0.5) is 19.0 Å². The average Bonchev–Trinajstić information content (AvgIpc) is 3.38. The van der Waals surface area contributed by atoms with E-state index in [-0.39, 0.29) is 29.8 Å². The minimum atomic E-state index is -5.31. The number of carbonyl (C=O) groups excluding carboxylic acids is 2. The van der Waals surface area contributed by atoms with Gasteiger partial charge in [0.05, 0.1) is 29.3 Å². The smallest absolute Gasteiger partial charge is 0.418 e. The minimum absolute atomic E-state index is 0.0243. The van der Waals surface area contributed by atoms with Crippen LogP contribution in [0.1, 0.15) is 22.3 Å². The van der Waals surface area contributed by atoms with Crippen molar-refractivity contribution in [3.63, 3.8) is 0 Å². The number of esters is 1. The van der Waals surface area contributed by atoms with E-state index in [1.54, 1.807) is 18.2 Å². The van der Waals surface area contributed by atoms with Gasteiger partial charge in [0.1, 0.15) is 11.9 Å². The summed E-state index contributed by atoms with van der Waals surface area (Å²) < 4.78 is 44.0. The van der Waals surface area contributed by atoms with Gasteiger partial charge in [-0.2, -0.15) is 23.7 Å². The maximum absolute atomic E-state index is 13.1. The lowest BCUT2D eigenvalue weighted by molar-refractivity contribution is -0.189. The minimum Gasteiger partial charge on any atom is -0.418 e. The highest BCUT2D eigenvalue weighted by Gasteiger charge is 2.42. The van der Waals surface area contributed by atoms with Crippen molar-refractivity contribution < 1.29 is 27.5 Å². The number of pyridine rings is 1. The Morgan fingerprint density at radius 1 is 1.15 bits per heavy atom. The molecule has 3 heterocycles. The first-order valence-corrected chi connectivity index (χ1v) is 11.9. The Morgan fingerprint density at radius 3 is 2.62 bits per heavy atom. The maximum atomic E-state index is 13.1. The quantitative estimate of drug-likeness (QED) is 0.237. The highest BCUT2D eigenvalue weighted by Crippen LogP contribution is 2.36. The van der Waals surface area contributed by atoms with E-state index in [0.717, 1.165) is 13.1 Å². The third-order valence-corrected chi connectivity index (χ3v) is 5.91. The second-order valence-corrected chi connectivity index (χ2v) is 8.46. The Kier molecular flexibility index (Phi) is 8.13. The third-order valence-electron chi connectivity index (χ3n) is 5.91. The lowest BCUT2D eigenvalue weighted by Crippen LogP contribution is -2.44. The first kappa shape index (κ1) is 27.2. The molecule has 39 heavy (non-hydrogen) atoms. The number of anilines is 1. The fourth-order valence-corrected chi connectivity index (χ4v) is 4.07. The van der Waals surface area contributed by atoms with E-state index in [1.165, 1.54) is 24.4 Å². The number of piperazine rings is 1. The summed E-state index contributed by atoms with van der Waals surface area (Å²) in [6, 6.07) is 12.9. The number of alkyl halides is 3. The van der Waals surface area contributed by atoms with Gasteiger partial charge in [-0.1, -0.05) is 6.07 Å². The van der Waals surface area contributed by atoms with Gasteiger partial charge in [-0.3, -0.25) is 9.78 Å². The molecule has 3 N–H and O–H groups in total. The fraction of sp³-hybridized carbons (Fsp3) is 0.269. The molecule has 10 nitrogen and oxygen atoms in total. The van der Waals surface area contributed by atoms with Gasteiger partial charge in [-0.05, 0) is 30.3 Å². The van der Waals surface area contributed by atoms with Gasteiger partial charge >= 0.3 is 12.1 Å². The molecule has 200 valence electrons. The van der Waals surface area contributed by atoms with Crippen LogP contribution in [-0.2, 0) is 4.79 Å². The van der Waals surface area contributed by atoms with Crippen molar-refractivity contribution in [1.29, 1.82) is 10.5 Å². The zero-order chi connectivity index (χ0) is 28.0. The van der Waals surface area contributed by atoms with Crippen LogP contribution in [0.25, 0.3) is 22.5 Å². The van der Waals surface area contributed by atoms with Gasteiger partial charge in [-0.15, -0.1) is 0 Å². The predicted molar refractivity (Wildman–Crippen MR) is 134 cm³/mol. The number of rotatable bonds is 7. The number of nitriles is 2. The molecule has 0 bridgehead atoms. The number of hydrogen-bond donors (Lipinski definition) is 3. The SMILES string of the molecule is N#CCCNC(=O)c1cccc(-c2cc(-c3cc(C#N)c(N4CCNCC4)[nH]3)ccn2)c1OC(=O)C(F)(F)F. The number of carbonyl (C=O) groups is 2. The normalized spacial score (nSPS) is 13.3. The number of nitrogens with one attached hydrogen (secondary N) is 3. The Hall–Kier alpha value is -4.88. The molecule has 4 rings (SSSR count). The number of nitrogens with zero attached hydrogens (tertiary/aromatic N) is 4. The Bertz CT molecular complexity index is 1460. The van der Waals surface area contributed by atoms with Crippen LogP contribution in [0.5, 0.6) is 5.75 Å². The number of benzene rings is 1. The summed E-state index contributed by atoms with van der Waals surface area (Å²) in [4.78, 5) is 34.0. The van der Waals surface area contributed by atoms with Crippen LogP contribution in [0, 0.1) is 22.7 Å². The van der Waals surface area contributed by atoms with Crippen LogP contribution in [-0.4, -0.2) is 60.7 Å². The Morgan fingerprint density at radius 2 is 1.92 bits per heavy atom. The van der Waals surface area contributed by atoms with Gasteiger partial charge in [0.25, 0.3) is 5.91 Å². The molecule has 3 aromatic rings. The molecule has 0 spiro atoms. The molecular formula is C26H22F3N7O3. The van der Waals surface area contributed by atoms with Crippen LogP contribution in [0.15, 0.2) is 42.6 Å². The van der Waals surface area contributed by atoms with E-state index in [2.05, 4.69) is 26.7 Å². The highest BCUT2D eigenvalue weighted by atomic mass is 19.4. The summed E-state index contributed by atoms with van der Waals surface area (Å²) in [7, 11) is 0. The van der Waals surface area contributed by atoms with Gasteiger partial charge < -0.3 is 25.3 Å². The summed E-state index contributed by atoms with van der Waals surface area (Å²) >= 11 is 0. The van der Waals surface area contributed by atoms with Gasteiger partial charge in [-0.25, -0.2) is 4.79 Å². The number of aromatic nitrogens is 2. The van der Waals surface area contributed by atoms with Crippen molar-refractivity contribution in [3.8, 4) is 40.4 Å². The van der Waals surface area contributed by atoms with Crippen molar-refractivity contribution in [2.24, 2.45) is 0 Å². The van der Waals surface area contributed by atoms with Crippen LogP contribution in [0.3, 0.4) is 0 Å². The lowest BCUT2D eigenvalue weighted by Gasteiger charge is -2.28. The second-order valence-electron chi connectivity index (χ2n) is 8.46. The molecule has 1 amide bonds. The van der Waals surface area contributed by atoms with Crippen LogP contribution < -0.4 is 20.3 Å². The largest absolute Gasteiger partial charge is 0.491 e. The molecule has 2 aromatic heterocycles. The number of para-hydroxylation sites is 1. The first-order chi connectivity index (χ1) is 18.7. The molecule has 1 aliphatic heterocycles. The molecule has 0 unspecified atom stereocenters. The van der Waals surface area contributed by atoms with Crippen molar-refractivity contribution >= 4 is 17.7 Å². The van der Waals surface area contributed by atoms with E-state index in [4.69, 9.17) is 10.00 Å².